The van der Waals surface area contributed by atoms with E-state index >= 15 is 0 Å². The van der Waals surface area contributed by atoms with E-state index in [4.69, 9.17) is 0 Å². The molecule has 7 nitrogen and oxygen atoms in total. The molecule has 1 aromatic heterocycles. The number of carbonyl (C=O) groups is 1. The van der Waals surface area contributed by atoms with Gasteiger partial charge in [0.15, 0.2) is 0 Å². The second-order valence-electron chi connectivity index (χ2n) is 7.04. The Hall–Kier alpha value is -1.84. The Labute approximate surface area is 156 Å². The first-order valence-corrected chi connectivity index (χ1v) is 10.9. The van der Waals surface area contributed by atoms with Crippen LogP contribution in [0.3, 0.4) is 0 Å². The van der Waals surface area contributed by atoms with Crippen molar-refractivity contribution in [1.29, 1.82) is 0 Å². The van der Waals surface area contributed by atoms with Gasteiger partial charge in [0, 0.05) is 11.6 Å². The second-order valence-corrected chi connectivity index (χ2v) is 9.91. The average Bonchev–Trinajstić information content (AvgIpc) is 3.31. The number of anilines is 1. The molecule has 138 valence electrons. The number of hydrogen-bond acceptors (Lipinski definition) is 6. The van der Waals surface area contributed by atoms with Crippen LogP contribution in [0.2, 0.25) is 0 Å². The molecule has 0 aliphatic heterocycles. The molecule has 3 atom stereocenters. The number of amides is 1. The minimum absolute atomic E-state index is 0.00680. The van der Waals surface area contributed by atoms with Crippen LogP contribution in [0, 0.1) is 18.8 Å². The molecule has 9 heteroatoms. The number of nitrogens with zero attached hydrogens (tertiary/aromatic N) is 2. The average molecular weight is 393 g/mol. The van der Waals surface area contributed by atoms with Crippen LogP contribution in [-0.4, -0.2) is 30.6 Å². The van der Waals surface area contributed by atoms with Crippen molar-refractivity contribution < 1.29 is 13.2 Å². The van der Waals surface area contributed by atoms with E-state index in [0.717, 1.165) is 36.2 Å². The molecule has 0 saturated heterocycles. The lowest BCUT2D eigenvalue weighted by atomic mass is 9.96. The molecule has 2 N–H and O–H groups in total. The van der Waals surface area contributed by atoms with Crippen molar-refractivity contribution in [1.82, 2.24) is 14.9 Å². The molecule has 2 bridgehead atoms. The zero-order valence-electron chi connectivity index (χ0n) is 14.3. The van der Waals surface area contributed by atoms with Gasteiger partial charge in [-0.05, 0) is 49.7 Å². The number of benzene rings is 1. The van der Waals surface area contributed by atoms with Gasteiger partial charge in [-0.15, -0.1) is 10.2 Å². The van der Waals surface area contributed by atoms with Gasteiger partial charge < -0.3 is 0 Å². The molecule has 2 aliphatic rings. The lowest BCUT2D eigenvalue weighted by Gasteiger charge is -2.21. The smallest absolute Gasteiger partial charge is 0.270 e. The van der Waals surface area contributed by atoms with Gasteiger partial charge in [-0.2, -0.15) is 0 Å². The highest BCUT2D eigenvalue weighted by Gasteiger charge is 2.41. The summed E-state index contributed by atoms with van der Waals surface area (Å²) in [6.07, 6.45) is 4.31. The number of carbonyl (C=O) groups excluding carboxylic acids is 1. The topological polar surface area (TPSA) is 101 Å². The van der Waals surface area contributed by atoms with Gasteiger partial charge in [-0.25, -0.2) is 13.1 Å². The maximum atomic E-state index is 12.6. The third-order valence-corrected chi connectivity index (χ3v) is 7.99. The van der Waals surface area contributed by atoms with Crippen molar-refractivity contribution in [3.63, 3.8) is 0 Å². The first kappa shape index (κ1) is 17.6. The van der Waals surface area contributed by atoms with Crippen LogP contribution in [0.4, 0.5) is 5.13 Å². The summed E-state index contributed by atoms with van der Waals surface area (Å²) in [6.45, 7) is 1.84. The third-order valence-electron chi connectivity index (χ3n) is 5.29. The molecule has 26 heavy (non-hydrogen) atoms. The Balaban J connectivity index is 1.45. The van der Waals surface area contributed by atoms with E-state index in [1.807, 2.05) is 19.1 Å². The quantitative estimate of drug-likeness (QED) is 0.762. The number of aryl methyl sites for hydroxylation is 1. The summed E-state index contributed by atoms with van der Waals surface area (Å²) in [7, 11) is -3.71. The molecule has 2 saturated carbocycles. The molecular weight excluding hydrogens is 372 g/mol. The molecule has 4 rings (SSSR count). The van der Waals surface area contributed by atoms with Crippen LogP contribution in [0.15, 0.2) is 28.6 Å². The van der Waals surface area contributed by atoms with E-state index in [9.17, 15) is 13.2 Å². The Bertz CT molecular complexity index is 941. The summed E-state index contributed by atoms with van der Waals surface area (Å²) < 4.78 is 27.8. The highest BCUT2D eigenvalue weighted by molar-refractivity contribution is 7.91. The van der Waals surface area contributed by atoms with Crippen LogP contribution in [0.25, 0.3) is 0 Å². The number of aromatic nitrogens is 2. The van der Waals surface area contributed by atoms with Gasteiger partial charge in [0.2, 0.25) is 9.47 Å². The normalized spacial score (nSPS) is 24.7. The van der Waals surface area contributed by atoms with Crippen LogP contribution in [-0.2, 0) is 10.0 Å². The largest absolute Gasteiger partial charge is 0.296 e. The standard InChI is InChI=1S/C17H20N4O3S2/c1-10-4-2-3-5-13(10)15(22)18-16-19-20-17(25-16)26(23,24)21-14-9-11-6-7-12(14)8-11/h2-5,11-12,14,21H,6-9H2,1H3,(H,18,19,22)/t11-,12+,14+/m0/s1. The SMILES string of the molecule is Cc1ccccc1C(=O)Nc1nnc(S(=O)(=O)N[C@@H]2C[C@H]3CC[C@@H]2C3)s1. The van der Waals surface area contributed by atoms with Crippen LogP contribution >= 0.6 is 11.3 Å². The van der Waals surface area contributed by atoms with E-state index in [-0.39, 0.29) is 21.4 Å². The molecule has 2 fully saturated rings. The first-order valence-electron chi connectivity index (χ1n) is 8.65. The van der Waals surface area contributed by atoms with E-state index in [0.29, 0.717) is 17.4 Å². The fourth-order valence-electron chi connectivity index (χ4n) is 4.00. The summed E-state index contributed by atoms with van der Waals surface area (Å²) in [6, 6.07) is 7.16. The molecule has 2 aliphatic carbocycles. The van der Waals surface area contributed by atoms with Gasteiger partial charge in [-0.3, -0.25) is 10.1 Å². The monoisotopic (exact) mass is 392 g/mol. The fraction of sp³-hybridized carbons (Fsp3) is 0.471. The fourth-order valence-corrected chi connectivity index (χ4v) is 6.23. The molecule has 1 aromatic carbocycles. The Morgan fingerprint density at radius 2 is 2.00 bits per heavy atom. The van der Waals surface area contributed by atoms with Gasteiger partial charge >= 0.3 is 0 Å². The Kier molecular flexibility index (Phi) is 4.54. The highest BCUT2D eigenvalue weighted by atomic mass is 32.2. The summed E-state index contributed by atoms with van der Waals surface area (Å²) in [4.78, 5) is 12.3. The van der Waals surface area contributed by atoms with Crippen molar-refractivity contribution in [3.05, 3.63) is 35.4 Å². The molecule has 1 amide bonds. The Morgan fingerprint density at radius 3 is 2.69 bits per heavy atom. The molecule has 1 heterocycles. The van der Waals surface area contributed by atoms with E-state index < -0.39 is 10.0 Å². The number of fused-ring (bicyclic) bond motifs is 2. The van der Waals surface area contributed by atoms with Crippen molar-refractivity contribution in [2.75, 3.05) is 5.32 Å². The number of hydrogen-bond donors (Lipinski definition) is 2. The molecule has 0 radical (unpaired) electrons. The lowest BCUT2D eigenvalue weighted by molar-refractivity contribution is 0.102. The molecular formula is C17H20N4O3S2. The predicted octanol–water partition coefficient (Wildman–Crippen LogP) is 2.57. The lowest BCUT2D eigenvalue weighted by Crippen LogP contribution is -2.38. The van der Waals surface area contributed by atoms with Crippen molar-refractivity contribution >= 4 is 32.4 Å². The molecule has 0 unspecified atom stereocenters. The van der Waals surface area contributed by atoms with E-state index in [1.54, 1.807) is 12.1 Å². The number of nitrogens with one attached hydrogen (secondary N) is 2. The predicted molar refractivity (Wildman–Crippen MR) is 98.6 cm³/mol. The van der Waals surface area contributed by atoms with Gasteiger partial charge in [0.25, 0.3) is 15.9 Å². The third kappa shape index (κ3) is 3.38. The molecule has 0 spiro atoms. The first-order chi connectivity index (χ1) is 12.4. The number of rotatable bonds is 5. The van der Waals surface area contributed by atoms with Crippen molar-refractivity contribution in [2.45, 2.75) is 43.0 Å². The summed E-state index contributed by atoms with van der Waals surface area (Å²) >= 11 is 0.867. The van der Waals surface area contributed by atoms with Crippen molar-refractivity contribution in [3.8, 4) is 0 Å². The minimum Gasteiger partial charge on any atom is -0.296 e. The van der Waals surface area contributed by atoms with Crippen molar-refractivity contribution in [2.24, 2.45) is 11.8 Å². The van der Waals surface area contributed by atoms with Gasteiger partial charge in [0.05, 0.1) is 0 Å². The second kappa shape index (κ2) is 6.71. The highest BCUT2D eigenvalue weighted by Crippen LogP contribution is 2.44. The zero-order valence-corrected chi connectivity index (χ0v) is 15.9. The van der Waals surface area contributed by atoms with Crippen LogP contribution in [0.1, 0.15) is 41.6 Å². The summed E-state index contributed by atoms with van der Waals surface area (Å²) in [5.41, 5.74) is 1.35. The van der Waals surface area contributed by atoms with E-state index in [2.05, 4.69) is 20.2 Å². The summed E-state index contributed by atoms with van der Waals surface area (Å²) in [5.74, 6) is 0.748. The molecule has 2 aromatic rings. The Morgan fingerprint density at radius 1 is 1.19 bits per heavy atom. The van der Waals surface area contributed by atoms with Gasteiger partial charge in [-0.1, -0.05) is 36.0 Å². The maximum Gasteiger partial charge on any atom is 0.270 e. The maximum absolute atomic E-state index is 12.6. The zero-order chi connectivity index (χ0) is 18.3. The van der Waals surface area contributed by atoms with Crippen LogP contribution in [0.5, 0.6) is 0 Å². The number of sulfonamides is 1. The minimum atomic E-state index is -3.71. The van der Waals surface area contributed by atoms with E-state index in [1.165, 1.54) is 6.42 Å². The van der Waals surface area contributed by atoms with Gasteiger partial charge in [0.1, 0.15) is 0 Å². The van der Waals surface area contributed by atoms with Crippen LogP contribution < -0.4 is 10.0 Å². The summed E-state index contributed by atoms with van der Waals surface area (Å²) in [5, 5.41) is 10.4.